The van der Waals surface area contributed by atoms with Crippen LogP contribution in [0.4, 0.5) is 35.4 Å². The molecule has 1 atom stereocenters. The van der Waals surface area contributed by atoms with Crippen molar-refractivity contribution in [3.8, 4) is 5.75 Å². The number of carbonyl (C=O) groups excluding carboxylic acids is 3. The molecule has 4 rings (SSSR count). The van der Waals surface area contributed by atoms with Crippen LogP contribution in [0.1, 0.15) is 42.6 Å². The molecule has 2 aromatic carbocycles. The normalized spacial score (nSPS) is 13.5. The number of nitrogens with zero attached hydrogens (tertiary/aromatic N) is 5. The van der Waals surface area contributed by atoms with Crippen molar-refractivity contribution in [1.82, 2.24) is 14.9 Å². The van der Waals surface area contributed by atoms with Crippen molar-refractivity contribution in [3.05, 3.63) is 70.9 Å². The maximum atomic E-state index is 13.9. The summed E-state index contributed by atoms with van der Waals surface area (Å²) >= 11 is 5.87. The number of anilines is 3. The Labute approximate surface area is 279 Å². The van der Waals surface area contributed by atoms with Gasteiger partial charge in [0.1, 0.15) is 17.5 Å². The highest BCUT2D eigenvalue weighted by atomic mass is 35.5. The number of carboxylic acid groups (broad SMARTS) is 1. The zero-order valence-electron chi connectivity index (χ0n) is 26.2. The van der Waals surface area contributed by atoms with E-state index in [1.54, 1.807) is 35.8 Å². The second-order valence-electron chi connectivity index (χ2n) is 10.8. The summed E-state index contributed by atoms with van der Waals surface area (Å²) in [7, 11) is 0. The number of ketones is 1. The third-order valence-electron chi connectivity index (χ3n) is 7.59. The number of rotatable bonds is 13. The predicted octanol–water partition coefficient (Wildman–Crippen LogP) is 5.46. The molecule has 0 spiro atoms. The summed E-state index contributed by atoms with van der Waals surface area (Å²) < 4.78 is 47.1. The van der Waals surface area contributed by atoms with Crippen LogP contribution in [0.25, 0.3) is 0 Å². The van der Waals surface area contributed by atoms with E-state index in [1.165, 1.54) is 36.4 Å². The third-order valence-corrected chi connectivity index (χ3v) is 7.84. The first kappa shape index (κ1) is 35.9. The van der Waals surface area contributed by atoms with Crippen molar-refractivity contribution in [3.63, 3.8) is 0 Å². The van der Waals surface area contributed by atoms with Crippen LogP contribution in [0.3, 0.4) is 0 Å². The van der Waals surface area contributed by atoms with Gasteiger partial charge < -0.3 is 25.0 Å². The maximum absolute atomic E-state index is 13.9. The molecule has 1 saturated heterocycles. The highest BCUT2D eigenvalue weighted by molar-refractivity contribution is 6.30. The van der Waals surface area contributed by atoms with Crippen molar-refractivity contribution in [2.45, 2.75) is 45.3 Å². The van der Waals surface area contributed by atoms with E-state index in [4.69, 9.17) is 16.3 Å². The van der Waals surface area contributed by atoms with E-state index >= 15 is 0 Å². The van der Waals surface area contributed by atoms with Crippen molar-refractivity contribution in [1.29, 1.82) is 0 Å². The molecule has 0 radical (unpaired) electrons. The number of amides is 2. The molecule has 2 amide bonds. The first-order valence-corrected chi connectivity index (χ1v) is 15.5. The number of likely N-dealkylation sites (tertiary alicyclic amines) is 1. The van der Waals surface area contributed by atoms with Gasteiger partial charge in [-0.3, -0.25) is 14.5 Å². The molecule has 1 aromatic heterocycles. The van der Waals surface area contributed by atoms with Gasteiger partial charge in [0.25, 0.3) is 0 Å². The molecule has 48 heavy (non-hydrogen) atoms. The number of halogens is 4. The lowest BCUT2D eigenvalue weighted by Gasteiger charge is -2.27. The Hall–Kier alpha value is -4.92. The zero-order valence-corrected chi connectivity index (χ0v) is 26.9. The van der Waals surface area contributed by atoms with Crippen LogP contribution in [0.15, 0.2) is 54.7 Å². The molecule has 256 valence electrons. The Bertz CT molecular complexity index is 1610. The van der Waals surface area contributed by atoms with E-state index in [0.29, 0.717) is 36.8 Å². The summed E-state index contributed by atoms with van der Waals surface area (Å²) in [5.74, 6) is -4.69. The number of alkyl halides is 3. The minimum Gasteiger partial charge on any atom is -0.480 e. The SMILES string of the molecule is CCN(CC)c1ncc(N(CC(=O)c2ccc(Cl)cc2)C(=O)C(F)(F)F)c(N[C@@H](Cc2ccc(OC(=O)N3CCCC3)cc2)C(=O)O)n1. The van der Waals surface area contributed by atoms with Gasteiger partial charge >= 0.3 is 24.1 Å². The summed E-state index contributed by atoms with van der Waals surface area (Å²) in [4.78, 5) is 62.5. The Kier molecular flexibility index (Phi) is 11.8. The number of Topliss-reactive ketones (excluding diaryl/α,β-unsaturated/α-hetero) is 1. The summed E-state index contributed by atoms with van der Waals surface area (Å²) in [6.07, 6.45) is -3.34. The minimum atomic E-state index is -5.40. The number of ether oxygens (including phenoxy) is 1. The lowest BCUT2D eigenvalue weighted by molar-refractivity contribution is -0.170. The van der Waals surface area contributed by atoms with Gasteiger partial charge in [0.2, 0.25) is 5.95 Å². The molecular weight excluding hydrogens is 657 g/mol. The predicted molar refractivity (Wildman–Crippen MR) is 172 cm³/mol. The summed E-state index contributed by atoms with van der Waals surface area (Å²) in [6.45, 7) is 4.56. The van der Waals surface area contributed by atoms with Gasteiger partial charge in [-0.05, 0) is 68.7 Å². The fourth-order valence-corrected chi connectivity index (χ4v) is 5.10. The number of carbonyl (C=O) groups is 4. The standard InChI is InChI=1S/C32H34ClF3N6O6/c1-3-40(4-2)30-37-18-25(42(29(46)32(34,35)36)19-26(43)21-9-11-22(33)12-10-21)27(39-30)38-24(28(44)45)17-20-7-13-23(14-8-20)48-31(47)41-15-5-6-16-41/h7-14,18,24H,3-6,15-17,19H2,1-2H3,(H,44,45)(H,37,38,39)/t24-/m0/s1. The van der Waals surface area contributed by atoms with Gasteiger partial charge in [0.05, 0.1) is 12.7 Å². The fourth-order valence-electron chi connectivity index (χ4n) is 4.98. The number of hydrogen-bond acceptors (Lipinski definition) is 9. The van der Waals surface area contributed by atoms with Crippen LogP contribution in [-0.4, -0.2) is 88.7 Å². The van der Waals surface area contributed by atoms with E-state index < -0.39 is 54.0 Å². The molecule has 1 aliphatic rings. The van der Waals surface area contributed by atoms with Gasteiger partial charge in [0.15, 0.2) is 11.6 Å². The highest BCUT2D eigenvalue weighted by Crippen LogP contribution is 2.31. The number of nitrogens with one attached hydrogen (secondary N) is 1. The molecule has 0 unspecified atom stereocenters. The van der Waals surface area contributed by atoms with E-state index in [-0.39, 0.29) is 28.6 Å². The molecule has 0 aliphatic carbocycles. The van der Waals surface area contributed by atoms with Crippen LogP contribution in [0.2, 0.25) is 5.02 Å². The van der Waals surface area contributed by atoms with Crippen LogP contribution in [0, 0.1) is 0 Å². The third kappa shape index (κ3) is 9.12. The van der Waals surface area contributed by atoms with Gasteiger partial charge in [-0.25, -0.2) is 14.6 Å². The number of aromatic nitrogens is 2. The van der Waals surface area contributed by atoms with E-state index in [2.05, 4.69) is 15.3 Å². The molecule has 2 heterocycles. The molecule has 12 nitrogen and oxygen atoms in total. The van der Waals surface area contributed by atoms with Crippen LogP contribution in [0.5, 0.6) is 5.75 Å². The number of hydrogen-bond donors (Lipinski definition) is 2. The molecule has 0 bridgehead atoms. The first-order chi connectivity index (χ1) is 22.8. The Morgan fingerprint density at radius 1 is 1.02 bits per heavy atom. The Morgan fingerprint density at radius 2 is 1.65 bits per heavy atom. The average Bonchev–Trinajstić information content (AvgIpc) is 3.60. The highest BCUT2D eigenvalue weighted by Gasteiger charge is 2.45. The van der Waals surface area contributed by atoms with Crippen LogP contribution < -0.4 is 19.9 Å². The van der Waals surface area contributed by atoms with Gasteiger partial charge in [0, 0.05) is 43.2 Å². The quantitative estimate of drug-likeness (QED) is 0.222. The first-order valence-electron chi connectivity index (χ1n) is 15.1. The van der Waals surface area contributed by atoms with Crippen molar-refractivity contribution >= 4 is 52.8 Å². The molecule has 2 N–H and O–H groups in total. The van der Waals surface area contributed by atoms with Gasteiger partial charge in [-0.2, -0.15) is 18.2 Å². The average molecular weight is 691 g/mol. The van der Waals surface area contributed by atoms with Gasteiger partial charge in [-0.1, -0.05) is 23.7 Å². The Balaban J connectivity index is 1.66. The van der Waals surface area contributed by atoms with Crippen LogP contribution in [-0.2, 0) is 16.0 Å². The number of aliphatic carboxylic acids is 1. The molecule has 1 aliphatic heterocycles. The monoisotopic (exact) mass is 690 g/mol. The molecule has 0 saturated carbocycles. The molecular formula is C32H34ClF3N6O6. The van der Waals surface area contributed by atoms with E-state index in [9.17, 15) is 37.5 Å². The van der Waals surface area contributed by atoms with E-state index in [0.717, 1.165) is 19.0 Å². The molecule has 16 heteroatoms. The van der Waals surface area contributed by atoms with Crippen molar-refractivity contribution < 1.29 is 42.2 Å². The maximum Gasteiger partial charge on any atom is 0.471 e. The zero-order chi connectivity index (χ0) is 35.0. The van der Waals surface area contributed by atoms with Gasteiger partial charge in [-0.15, -0.1) is 0 Å². The Morgan fingerprint density at radius 3 is 2.21 bits per heavy atom. The second kappa shape index (κ2) is 15.8. The topological polar surface area (TPSA) is 145 Å². The summed E-state index contributed by atoms with van der Waals surface area (Å²) in [5, 5.41) is 13.1. The summed E-state index contributed by atoms with van der Waals surface area (Å²) in [5.41, 5.74) is -0.0740. The lowest BCUT2D eigenvalue weighted by Crippen LogP contribution is -2.45. The summed E-state index contributed by atoms with van der Waals surface area (Å²) in [6, 6.07) is 10.0. The second-order valence-corrected chi connectivity index (χ2v) is 11.3. The smallest absolute Gasteiger partial charge is 0.471 e. The number of benzene rings is 2. The molecule has 3 aromatic rings. The van der Waals surface area contributed by atoms with Crippen LogP contribution >= 0.6 is 11.6 Å². The molecule has 1 fully saturated rings. The lowest BCUT2D eigenvalue weighted by atomic mass is 10.1. The fraction of sp³-hybridized carbons (Fsp3) is 0.375. The van der Waals surface area contributed by atoms with Crippen molar-refractivity contribution in [2.24, 2.45) is 0 Å². The van der Waals surface area contributed by atoms with Crippen molar-refractivity contribution in [2.75, 3.05) is 47.8 Å². The van der Waals surface area contributed by atoms with E-state index in [1.807, 2.05) is 0 Å². The minimum absolute atomic E-state index is 0.00691. The largest absolute Gasteiger partial charge is 0.480 e. The number of carboxylic acids is 1.